The van der Waals surface area contributed by atoms with Gasteiger partial charge < -0.3 is 5.32 Å². The van der Waals surface area contributed by atoms with E-state index in [-0.39, 0.29) is 5.54 Å². The first-order chi connectivity index (χ1) is 7.79. The van der Waals surface area contributed by atoms with Gasteiger partial charge in [-0.15, -0.1) is 0 Å². The summed E-state index contributed by atoms with van der Waals surface area (Å²) in [6.45, 7) is 12.1. The predicted molar refractivity (Wildman–Crippen MR) is 76.8 cm³/mol. The fourth-order valence-electron chi connectivity index (χ4n) is 1.86. The smallest absolute Gasteiger partial charge is 0.0406 e. The first-order valence-electron chi connectivity index (χ1n) is 6.30. The molecule has 0 radical (unpaired) electrons. The summed E-state index contributed by atoms with van der Waals surface area (Å²) in [6, 6.07) is 8.22. The van der Waals surface area contributed by atoms with Crippen LogP contribution in [0.4, 0.5) is 0 Å². The Kier molecular flexibility index (Phi) is 5.03. The minimum atomic E-state index is 0.166. The Morgan fingerprint density at radius 1 is 1.12 bits per heavy atom. The third kappa shape index (κ3) is 5.10. The number of nitrogens with one attached hydrogen (secondary N) is 1. The summed E-state index contributed by atoms with van der Waals surface area (Å²) < 4.78 is 0. The van der Waals surface area contributed by atoms with Crippen LogP contribution in [0, 0.1) is 5.92 Å². The summed E-state index contributed by atoms with van der Waals surface area (Å²) in [7, 11) is 0. The molecular weight excluding hydrogens is 230 g/mol. The molecule has 1 N–H and O–H groups in total. The highest BCUT2D eigenvalue weighted by atomic mass is 35.5. The van der Waals surface area contributed by atoms with E-state index in [0.29, 0.717) is 11.8 Å². The lowest BCUT2D eigenvalue weighted by Gasteiger charge is -2.28. The molecule has 0 aromatic heterocycles. The van der Waals surface area contributed by atoms with Gasteiger partial charge in [0.2, 0.25) is 0 Å². The molecule has 0 aliphatic carbocycles. The van der Waals surface area contributed by atoms with Crippen LogP contribution in [-0.4, -0.2) is 12.1 Å². The van der Waals surface area contributed by atoms with Crippen LogP contribution in [0.3, 0.4) is 0 Å². The van der Waals surface area contributed by atoms with E-state index in [1.54, 1.807) is 0 Å². The van der Waals surface area contributed by atoms with Crippen molar-refractivity contribution in [1.29, 1.82) is 0 Å². The van der Waals surface area contributed by atoms with E-state index < -0.39 is 0 Å². The van der Waals surface area contributed by atoms with E-state index in [2.05, 4.69) is 52.1 Å². The van der Waals surface area contributed by atoms with Gasteiger partial charge in [0.1, 0.15) is 0 Å². The topological polar surface area (TPSA) is 12.0 Å². The van der Waals surface area contributed by atoms with Crippen molar-refractivity contribution in [3.8, 4) is 0 Å². The highest BCUT2D eigenvalue weighted by Crippen LogP contribution is 2.25. The average molecular weight is 254 g/mol. The van der Waals surface area contributed by atoms with Gasteiger partial charge in [-0.3, -0.25) is 0 Å². The number of halogens is 1. The molecule has 1 rings (SSSR count). The Hall–Kier alpha value is -0.530. The third-order valence-electron chi connectivity index (χ3n) is 2.96. The SMILES string of the molecule is CC(C)C(CNC(C)(C)C)c1ccc(Cl)cc1. The fourth-order valence-corrected chi connectivity index (χ4v) is 1.99. The molecule has 96 valence electrons. The Bertz CT molecular complexity index is 335. The molecule has 1 aromatic carbocycles. The van der Waals surface area contributed by atoms with Gasteiger partial charge in [0.05, 0.1) is 0 Å². The zero-order valence-corrected chi connectivity index (χ0v) is 12.3. The number of rotatable bonds is 4. The standard InChI is InChI=1S/C15H24ClN/c1-11(2)14(10-17-15(3,4)5)12-6-8-13(16)9-7-12/h6-9,11,14,17H,10H2,1-5H3. The molecule has 0 fully saturated rings. The number of benzene rings is 1. The van der Waals surface area contributed by atoms with Gasteiger partial charge in [-0.2, -0.15) is 0 Å². The Morgan fingerprint density at radius 3 is 2.06 bits per heavy atom. The maximum atomic E-state index is 5.93. The minimum Gasteiger partial charge on any atom is -0.311 e. The van der Waals surface area contributed by atoms with Crippen molar-refractivity contribution >= 4 is 11.6 Å². The second-order valence-electron chi connectivity index (χ2n) is 6.03. The highest BCUT2D eigenvalue weighted by molar-refractivity contribution is 6.30. The van der Waals surface area contributed by atoms with Crippen LogP contribution < -0.4 is 5.32 Å². The predicted octanol–water partition coefficient (Wildman–Crippen LogP) is 4.47. The first-order valence-corrected chi connectivity index (χ1v) is 6.68. The van der Waals surface area contributed by atoms with Crippen molar-refractivity contribution in [2.45, 2.75) is 46.1 Å². The lowest BCUT2D eigenvalue weighted by Crippen LogP contribution is -2.39. The van der Waals surface area contributed by atoms with Crippen molar-refractivity contribution in [3.63, 3.8) is 0 Å². The molecule has 0 saturated carbocycles. The molecule has 0 aliphatic rings. The van der Waals surface area contributed by atoms with Gasteiger partial charge in [0.25, 0.3) is 0 Å². The van der Waals surface area contributed by atoms with Crippen LogP contribution >= 0.6 is 11.6 Å². The monoisotopic (exact) mass is 253 g/mol. The Morgan fingerprint density at radius 2 is 1.65 bits per heavy atom. The molecule has 0 saturated heterocycles. The summed E-state index contributed by atoms with van der Waals surface area (Å²) in [5.41, 5.74) is 1.53. The quantitative estimate of drug-likeness (QED) is 0.835. The number of hydrogen-bond donors (Lipinski definition) is 1. The van der Waals surface area contributed by atoms with Crippen molar-refractivity contribution < 1.29 is 0 Å². The summed E-state index contributed by atoms with van der Waals surface area (Å²) >= 11 is 5.93. The molecule has 1 nitrogen and oxygen atoms in total. The van der Waals surface area contributed by atoms with Crippen LogP contribution in [0.5, 0.6) is 0 Å². The van der Waals surface area contributed by atoms with Crippen LogP contribution in [0.15, 0.2) is 24.3 Å². The molecule has 2 heteroatoms. The molecule has 1 aromatic rings. The Labute approximate surface area is 111 Å². The van der Waals surface area contributed by atoms with Crippen molar-refractivity contribution in [3.05, 3.63) is 34.9 Å². The second kappa shape index (κ2) is 5.88. The van der Waals surface area contributed by atoms with Crippen molar-refractivity contribution in [1.82, 2.24) is 5.32 Å². The van der Waals surface area contributed by atoms with Gasteiger partial charge in [0, 0.05) is 17.1 Å². The van der Waals surface area contributed by atoms with E-state index in [0.717, 1.165) is 11.6 Å². The van der Waals surface area contributed by atoms with E-state index >= 15 is 0 Å². The number of hydrogen-bond acceptors (Lipinski definition) is 1. The van der Waals surface area contributed by atoms with Crippen molar-refractivity contribution in [2.75, 3.05) is 6.54 Å². The molecule has 0 bridgehead atoms. The highest BCUT2D eigenvalue weighted by Gasteiger charge is 2.18. The van der Waals surface area contributed by atoms with Gasteiger partial charge in [0.15, 0.2) is 0 Å². The summed E-state index contributed by atoms with van der Waals surface area (Å²) in [5.74, 6) is 1.15. The van der Waals surface area contributed by atoms with Crippen LogP contribution in [0.2, 0.25) is 5.02 Å². The first kappa shape index (κ1) is 14.5. The van der Waals surface area contributed by atoms with Gasteiger partial charge in [-0.05, 0) is 50.3 Å². The molecule has 17 heavy (non-hydrogen) atoms. The molecule has 1 atom stereocenters. The molecule has 0 aliphatic heterocycles. The third-order valence-corrected chi connectivity index (χ3v) is 3.21. The van der Waals surface area contributed by atoms with Gasteiger partial charge in [-0.25, -0.2) is 0 Å². The molecular formula is C15H24ClN. The maximum absolute atomic E-state index is 5.93. The zero-order valence-electron chi connectivity index (χ0n) is 11.5. The fraction of sp³-hybridized carbons (Fsp3) is 0.600. The van der Waals surface area contributed by atoms with Crippen LogP contribution in [0.1, 0.15) is 46.1 Å². The van der Waals surface area contributed by atoms with E-state index in [1.165, 1.54) is 5.56 Å². The average Bonchev–Trinajstić information content (AvgIpc) is 2.18. The van der Waals surface area contributed by atoms with Crippen molar-refractivity contribution in [2.24, 2.45) is 5.92 Å². The summed E-state index contributed by atoms with van der Waals surface area (Å²) in [5, 5.41) is 4.39. The van der Waals surface area contributed by atoms with E-state index in [9.17, 15) is 0 Å². The zero-order chi connectivity index (χ0) is 13.1. The molecule has 0 heterocycles. The van der Waals surface area contributed by atoms with Gasteiger partial charge in [-0.1, -0.05) is 37.6 Å². The maximum Gasteiger partial charge on any atom is 0.0406 e. The van der Waals surface area contributed by atoms with Crippen LogP contribution in [0.25, 0.3) is 0 Å². The molecule has 0 amide bonds. The largest absolute Gasteiger partial charge is 0.311 e. The lowest BCUT2D eigenvalue weighted by molar-refractivity contribution is 0.372. The normalized spacial score (nSPS) is 14.1. The van der Waals surface area contributed by atoms with E-state index in [1.807, 2.05) is 12.1 Å². The lowest BCUT2D eigenvalue weighted by atomic mass is 9.88. The minimum absolute atomic E-state index is 0.166. The van der Waals surface area contributed by atoms with Gasteiger partial charge >= 0.3 is 0 Å². The molecule has 0 spiro atoms. The summed E-state index contributed by atoms with van der Waals surface area (Å²) in [6.07, 6.45) is 0. The summed E-state index contributed by atoms with van der Waals surface area (Å²) in [4.78, 5) is 0. The Balaban J connectivity index is 2.76. The molecule has 1 unspecified atom stereocenters. The van der Waals surface area contributed by atoms with Crippen LogP contribution in [-0.2, 0) is 0 Å². The second-order valence-corrected chi connectivity index (χ2v) is 6.47. The van der Waals surface area contributed by atoms with E-state index in [4.69, 9.17) is 11.6 Å².